The van der Waals surface area contributed by atoms with Crippen molar-refractivity contribution in [3.63, 3.8) is 0 Å². The number of hydrogen-bond donors (Lipinski definition) is 1. The van der Waals surface area contributed by atoms with Crippen LogP contribution in [-0.4, -0.2) is 37.8 Å². The molecule has 1 aliphatic rings. The lowest BCUT2D eigenvalue weighted by molar-refractivity contribution is -0.122. The first-order valence-electron chi connectivity index (χ1n) is 10.1. The maximum absolute atomic E-state index is 12.9. The smallest absolute Gasteiger partial charge is 0.265 e. The van der Waals surface area contributed by atoms with Gasteiger partial charge in [0, 0.05) is 23.8 Å². The van der Waals surface area contributed by atoms with Crippen LogP contribution < -0.4 is 10.1 Å². The van der Waals surface area contributed by atoms with Crippen molar-refractivity contribution in [2.24, 2.45) is 0 Å². The molecule has 1 aliphatic carbocycles. The highest BCUT2D eigenvalue weighted by atomic mass is 35.5. The molecule has 162 valence electrons. The zero-order chi connectivity index (χ0) is 21.7. The molecule has 1 N–H and O–H groups in total. The van der Waals surface area contributed by atoms with Crippen molar-refractivity contribution >= 4 is 33.2 Å². The number of rotatable bonds is 7. The molecule has 1 amide bonds. The number of halogens is 1. The van der Waals surface area contributed by atoms with Gasteiger partial charge in [-0.1, -0.05) is 30.9 Å². The van der Waals surface area contributed by atoms with E-state index in [1.165, 1.54) is 22.9 Å². The second-order valence-corrected chi connectivity index (χ2v) is 9.97. The van der Waals surface area contributed by atoms with Crippen LogP contribution in [0.5, 0.6) is 5.75 Å². The number of anilines is 1. The topological polar surface area (TPSA) is 75.7 Å². The van der Waals surface area contributed by atoms with Crippen molar-refractivity contribution in [3.8, 4) is 5.75 Å². The zero-order valence-corrected chi connectivity index (χ0v) is 18.7. The van der Waals surface area contributed by atoms with Gasteiger partial charge in [-0.2, -0.15) is 4.31 Å². The predicted molar refractivity (Wildman–Crippen MR) is 118 cm³/mol. The summed E-state index contributed by atoms with van der Waals surface area (Å²) in [5, 5.41) is 3.33. The fraction of sp³-hybridized carbons (Fsp3) is 0.409. The number of carbonyl (C=O) groups is 1. The zero-order valence-electron chi connectivity index (χ0n) is 17.2. The molecule has 0 aliphatic heterocycles. The quantitative estimate of drug-likeness (QED) is 0.663. The van der Waals surface area contributed by atoms with Crippen molar-refractivity contribution in [2.75, 3.05) is 12.4 Å². The van der Waals surface area contributed by atoms with Gasteiger partial charge in [-0.25, -0.2) is 8.42 Å². The summed E-state index contributed by atoms with van der Waals surface area (Å²) in [6.07, 6.45) is 4.35. The number of amides is 1. The van der Waals surface area contributed by atoms with E-state index in [9.17, 15) is 13.2 Å². The highest BCUT2D eigenvalue weighted by Crippen LogP contribution is 2.27. The molecule has 1 fully saturated rings. The SMILES string of the molecule is CC(Oc1ccc(Cl)cc1)C(=O)Nc1ccc(S(=O)(=O)N(C)C2CCCCC2)cc1. The Labute approximate surface area is 183 Å². The number of carbonyl (C=O) groups excluding carboxylic acids is 1. The van der Waals surface area contributed by atoms with Gasteiger partial charge < -0.3 is 10.1 Å². The second kappa shape index (κ2) is 9.81. The Balaban J connectivity index is 1.61. The molecule has 2 aromatic rings. The van der Waals surface area contributed by atoms with E-state index in [1.807, 2.05) is 0 Å². The summed E-state index contributed by atoms with van der Waals surface area (Å²) in [4.78, 5) is 12.6. The monoisotopic (exact) mass is 450 g/mol. The summed E-state index contributed by atoms with van der Waals surface area (Å²) in [6.45, 7) is 1.64. The van der Waals surface area contributed by atoms with Crippen LogP contribution in [-0.2, 0) is 14.8 Å². The number of ether oxygens (including phenoxy) is 1. The fourth-order valence-corrected chi connectivity index (χ4v) is 5.07. The lowest BCUT2D eigenvalue weighted by Gasteiger charge is -2.30. The molecule has 1 unspecified atom stereocenters. The Morgan fingerprint density at radius 3 is 2.27 bits per heavy atom. The highest BCUT2D eigenvalue weighted by molar-refractivity contribution is 7.89. The molecule has 2 aromatic carbocycles. The van der Waals surface area contributed by atoms with Crippen LogP contribution in [0.15, 0.2) is 53.4 Å². The first-order chi connectivity index (χ1) is 14.3. The molecule has 1 saturated carbocycles. The van der Waals surface area contributed by atoms with Gasteiger partial charge in [-0.15, -0.1) is 0 Å². The Morgan fingerprint density at radius 1 is 1.07 bits per heavy atom. The van der Waals surface area contributed by atoms with Gasteiger partial charge in [-0.05, 0) is 68.3 Å². The van der Waals surface area contributed by atoms with Crippen LogP contribution in [0, 0.1) is 0 Å². The van der Waals surface area contributed by atoms with E-state index in [4.69, 9.17) is 16.3 Å². The molecule has 0 saturated heterocycles. The molecule has 0 heterocycles. The van der Waals surface area contributed by atoms with Gasteiger partial charge in [0.1, 0.15) is 5.75 Å². The summed E-state index contributed by atoms with van der Waals surface area (Å²) in [5.41, 5.74) is 0.505. The molecule has 8 heteroatoms. The molecule has 0 spiro atoms. The van der Waals surface area contributed by atoms with Crippen molar-refractivity contribution in [1.82, 2.24) is 4.31 Å². The normalized spacial score (nSPS) is 16.3. The highest BCUT2D eigenvalue weighted by Gasteiger charge is 2.29. The summed E-state index contributed by atoms with van der Waals surface area (Å²) < 4.78 is 32.9. The molecule has 0 radical (unpaired) electrons. The predicted octanol–water partition coefficient (Wildman–Crippen LogP) is 4.70. The van der Waals surface area contributed by atoms with Crippen molar-refractivity contribution < 1.29 is 17.9 Å². The third-order valence-corrected chi connectivity index (χ3v) is 7.56. The first-order valence-corrected chi connectivity index (χ1v) is 11.9. The van der Waals surface area contributed by atoms with Crippen LogP contribution in [0.1, 0.15) is 39.0 Å². The van der Waals surface area contributed by atoms with Crippen molar-refractivity contribution in [1.29, 1.82) is 0 Å². The summed E-state index contributed by atoms with van der Waals surface area (Å²) in [5.74, 6) is 0.203. The number of benzene rings is 2. The summed E-state index contributed by atoms with van der Waals surface area (Å²) in [7, 11) is -1.91. The van der Waals surface area contributed by atoms with E-state index in [2.05, 4.69) is 5.32 Å². The lowest BCUT2D eigenvalue weighted by atomic mass is 9.96. The van der Waals surface area contributed by atoms with Crippen LogP contribution in [0.2, 0.25) is 5.02 Å². The minimum atomic E-state index is -3.56. The largest absolute Gasteiger partial charge is 0.481 e. The minimum absolute atomic E-state index is 0.0500. The van der Waals surface area contributed by atoms with Gasteiger partial charge in [0.05, 0.1) is 4.90 Å². The summed E-state index contributed by atoms with van der Waals surface area (Å²) in [6, 6.07) is 13.0. The average molecular weight is 451 g/mol. The van der Waals surface area contributed by atoms with E-state index < -0.39 is 16.1 Å². The number of hydrogen-bond acceptors (Lipinski definition) is 4. The van der Waals surface area contributed by atoms with Crippen LogP contribution in [0.25, 0.3) is 0 Å². The van der Waals surface area contributed by atoms with Gasteiger partial charge in [0.25, 0.3) is 5.91 Å². The molecule has 6 nitrogen and oxygen atoms in total. The van der Waals surface area contributed by atoms with Crippen LogP contribution in [0.3, 0.4) is 0 Å². The number of sulfonamides is 1. The molecular weight excluding hydrogens is 424 g/mol. The second-order valence-electron chi connectivity index (χ2n) is 7.54. The van der Waals surface area contributed by atoms with E-state index >= 15 is 0 Å². The van der Waals surface area contributed by atoms with Gasteiger partial charge in [0.15, 0.2) is 6.10 Å². The maximum Gasteiger partial charge on any atom is 0.265 e. The van der Waals surface area contributed by atoms with E-state index in [0.717, 1.165) is 25.7 Å². The van der Waals surface area contributed by atoms with Crippen LogP contribution in [0.4, 0.5) is 5.69 Å². The molecule has 3 rings (SSSR count). The third kappa shape index (κ3) is 5.53. The van der Waals surface area contributed by atoms with Gasteiger partial charge >= 0.3 is 0 Å². The Bertz CT molecular complexity index is 956. The number of nitrogens with zero attached hydrogens (tertiary/aromatic N) is 1. The standard InChI is InChI=1S/C22H27ClN2O4S/c1-16(29-20-12-8-17(23)9-13-20)22(26)24-18-10-14-21(15-11-18)30(27,28)25(2)19-6-4-3-5-7-19/h8-16,19H,3-7H2,1-2H3,(H,24,26). The summed E-state index contributed by atoms with van der Waals surface area (Å²) >= 11 is 5.85. The molecule has 1 atom stereocenters. The van der Waals surface area contributed by atoms with Crippen molar-refractivity contribution in [2.45, 2.75) is 56.1 Å². The van der Waals surface area contributed by atoms with E-state index in [-0.39, 0.29) is 16.8 Å². The Kier molecular flexibility index (Phi) is 7.39. The lowest BCUT2D eigenvalue weighted by Crippen LogP contribution is -2.38. The third-order valence-electron chi connectivity index (χ3n) is 5.38. The van der Waals surface area contributed by atoms with Gasteiger partial charge in [0.2, 0.25) is 10.0 Å². The van der Waals surface area contributed by atoms with E-state index in [0.29, 0.717) is 16.5 Å². The minimum Gasteiger partial charge on any atom is -0.481 e. The van der Waals surface area contributed by atoms with Crippen LogP contribution >= 0.6 is 11.6 Å². The number of nitrogens with one attached hydrogen (secondary N) is 1. The average Bonchev–Trinajstić information content (AvgIpc) is 2.75. The molecule has 0 aromatic heterocycles. The maximum atomic E-state index is 12.9. The van der Waals surface area contributed by atoms with Crippen molar-refractivity contribution in [3.05, 3.63) is 53.6 Å². The Morgan fingerprint density at radius 2 is 1.67 bits per heavy atom. The molecule has 30 heavy (non-hydrogen) atoms. The Hall–Kier alpha value is -2.09. The first kappa shape index (κ1) is 22.6. The van der Waals surface area contributed by atoms with Gasteiger partial charge in [-0.3, -0.25) is 4.79 Å². The molecule has 0 bridgehead atoms. The fourth-order valence-electron chi connectivity index (χ4n) is 3.53. The van der Waals surface area contributed by atoms with E-state index in [1.54, 1.807) is 50.4 Å². The molecular formula is C22H27ClN2O4S.